The highest BCUT2D eigenvalue weighted by molar-refractivity contribution is 6.03. The summed E-state index contributed by atoms with van der Waals surface area (Å²) in [4.78, 5) is 40.3. The highest BCUT2D eigenvalue weighted by Crippen LogP contribution is 2.38. The number of halogens is 2. The van der Waals surface area contributed by atoms with Gasteiger partial charge in [0, 0.05) is 29.7 Å². The average Bonchev–Trinajstić information content (AvgIpc) is 3.06. The molecule has 1 aromatic heterocycles. The summed E-state index contributed by atoms with van der Waals surface area (Å²) in [6, 6.07) is 5.85. The Balaban J connectivity index is 1.94. The molecule has 0 bridgehead atoms. The predicted molar refractivity (Wildman–Crippen MR) is 100 cm³/mol. The number of hydrogen-bond donors (Lipinski definition) is 3. The number of pyridine rings is 1. The number of nitrogens with zero attached hydrogens (tertiary/aromatic N) is 2. The molecule has 3 heterocycles. The fourth-order valence-corrected chi connectivity index (χ4v) is 3.81. The molecule has 0 spiro atoms. The first-order valence-corrected chi connectivity index (χ1v) is 9.08. The van der Waals surface area contributed by atoms with Gasteiger partial charge in [-0.15, -0.1) is 0 Å². The van der Waals surface area contributed by atoms with Gasteiger partial charge in [-0.25, -0.2) is 13.8 Å². The summed E-state index contributed by atoms with van der Waals surface area (Å²) in [5.74, 6) is -2.39. The van der Waals surface area contributed by atoms with Crippen LogP contribution in [-0.4, -0.2) is 22.7 Å². The molecule has 8 nitrogen and oxygen atoms in total. The van der Waals surface area contributed by atoms with E-state index in [-0.39, 0.29) is 36.8 Å². The fraction of sp³-hybridized carbons (Fsp3) is 0.250. The zero-order valence-electron chi connectivity index (χ0n) is 15.5. The van der Waals surface area contributed by atoms with Crippen molar-refractivity contribution in [2.24, 2.45) is 0 Å². The molecule has 10 heteroatoms. The van der Waals surface area contributed by atoms with E-state index in [0.29, 0.717) is 22.3 Å². The maximum Gasteiger partial charge on any atom is 0.265 e. The van der Waals surface area contributed by atoms with Gasteiger partial charge in [-0.3, -0.25) is 19.7 Å². The third-order valence-electron chi connectivity index (χ3n) is 5.27. The van der Waals surface area contributed by atoms with E-state index in [2.05, 4.69) is 15.6 Å². The number of benzene rings is 1. The lowest BCUT2D eigenvalue weighted by molar-refractivity contribution is -0.134. The van der Waals surface area contributed by atoms with Crippen molar-refractivity contribution >= 4 is 23.5 Å². The standard InChI is InChI=1S/C20H15F2N5O3/c21-17(22)13-5-15(26-18(24)14(13)6-23)12-3-8-7-25-19(29)10(8)4-11(12)9-1-2-16(28)27-20(9)30/h3-5,9,17H,1-2,7H2,(H2,24,26)(H,25,29)(H,27,28,30). The number of nitrogens with one attached hydrogen (secondary N) is 2. The van der Waals surface area contributed by atoms with E-state index < -0.39 is 35.3 Å². The minimum atomic E-state index is -2.96. The number of hydrogen-bond acceptors (Lipinski definition) is 6. The second-order valence-electron chi connectivity index (χ2n) is 7.05. The molecule has 2 aromatic rings. The number of nitrogens with two attached hydrogens (primary N) is 1. The molecule has 2 aliphatic rings. The van der Waals surface area contributed by atoms with Gasteiger partial charge >= 0.3 is 0 Å². The first-order valence-electron chi connectivity index (χ1n) is 9.08. The molecule has 4 rings (SSSR count). The normalized spacial score (nSPS) is 18.1. The Morgan fingerprint density at radius 1 is 1.20 bits per heavy atom. The van der Waals surface area contributed by atoms with E-state index >= 15 is 0 Å². The van der Waals surface area contributed by atoms with Gasteiger partial charge in [0.2, 0.25) is 11.8 Å². The molecule has 152 valence electrons. The molecule has 1 saturated heterocycles. The largest absolute Gasteiger partial charge is 0.383 e. The van der Waals surface area contributed by atoms with E-state index in [0.717, 1.165) is 6.07 Å². The Labute approximate surface area is 169 Å². The number of aromatic nitrogens is 1. The van der Waals surface area contributed by atoms with Crippen LogP contribution in [0.3, 0.4) is 0 Å². The number of carbonyl (C=O) groups is 3. The molecule has 1 aromatic carbocycles. The van der Waals surface area contributed by atoms with Gasteiger partial charge in [0.05, 0.1) is 11.6 Å². The SMILES string of the molecule is N#Cc1c(C(F)F)cc(-c2cc3c(cc2C2CCC(=O)NC2=O)C(=O)NC3)nc1N. The van der Waals surface area contributed by atoms with Gasteiger partial charge in [-0.2, -0.15) is 5.26 Å². The maximum absolute atomic E-state index is 13.5. The third-order valence-corrected chi connectivity index (χ3v) is 5.27. The highest BCUT2D eigenvalue weighted by Gasteiger charge is 2.33. The summed E-state index contributed by atoms with van der Waals surface area (Å²) < 4.78 is 27.1. The van der Waals surface area contributed by atoms with Crippen LogP contribution >= 0.6 is 0 Å². The zero-order valence-corrected chi connectivity index (χ0v) is 15.5. The molecule has 3 amide bonds. The molecule has 2 aliphatic heterocycles. The fourth-order valence-electron chi connectivity index (χ4n) is 3.81. The Morgan fingerprint density at radius 2 is 1.97 bits per heavy atom. The Hall–Kier alpha value is -3.87. The summed E-state index contributed by atoms with van der Waals surface area (Å²) >= 11 is 0. The van der Waals surface area contributed by atoms with E-state index in [4.69, 9.17) is 11.0 Å². The van der Waals surface area contributed by atoms with Gasteiger partial charge in [0.25, 0.3) is 12.3 Å². The molecule has 1 unspecified atom stereocenters. The molecule has 4 N–H and O–H groups in total. The van der Waals surface area contributed by atoms with Crippen LogP contribution in [0.1, 0.15) is 57.8 Å². The minimum absolute atomic E-state index is 0.0589. The molecule has 30 heavy (non-hydrogen) atoms. The molecular formula is C20H15F2N5O3. The number of imide groups is 1. The van der Waals surface area contributed by atoms with Crippen LogP contribution in [0.5, 0.6) is 0 Å². The average molecular weight is 411 g/mol. The van der Waals surface area contributed by atoms with Crippen LogP contribution in [0.4, 0.5) is 14.6 Å². The van der Waals surface area contributed by atoms with Crippen molar-refractivity contribution in [1.82, 2.24) is 15.6 Å². The van der Waals surface area contributed by atoms with Gasteiger partial charge in [-0.1, -0.05) is 0 Å². The van der Waals surface area contributed by atoms with Crippen molar-refractivity contribution in [3.8, 4) is 17.3 Å². The minimum Gasteiger partial charge on any atom is -0.383 e. The molecule has 1 fully saturated rings. The molecule has 0 radical (unpaired) electrons. The van der Waals surface area contributed by atoms with Crippen LogP contribution in [0.2, 0.25) is 0 Å². The van der Waals surface area contributed by atoms with E-state index in [9.17, 15) is 23.2 Å². The van der Waals surface area contributed by atoms with Crippen molar-refractivity contribution in [1.29, 1.82) is 5.26 Å². The zero-order chi connectivity index (χ0) is 21.6. The molecule has 0 saturated carbocycles. The monoisotopic (exact) mass is 411 g/mol. The highest BCUT2D eigenvalue weighted by atomic mass is 19.3. The summed E-state index contributed by atoms with van der Waals surface area (Å²) in [5, 5.41) is 14.1. The first-order chi connectivity index (χ1) is 14.3. The van der Waals surface area contributed by atoms with Gasteiger partial charge < -0.3 is 11.1 Å². The Bertz CT molecular complexity index is 1160. The van der Waals surface area contributed by atoms with E-state index in [1.54, 1.807) is 12.1 Å². The van der Waals surface area contributed by atoms with Crippen molar-refractivity contribution in [3.63, 3.8) is 0 Å². The summed E-state index contributed by atoms with van der Waals surface area (Å²) in [5.41, 5.74) is 6.56. The van der Waals surface area contributed by atoms with Crippen LogP contribution < -0.4 is 16.4 Å². The lowest BCUT2D eigenvalue weighted by atomic mass is 9.84. The number of anilines is 1. The molecule has 1 atom stereocenters. The topological polar surface area (TPSA) is 138 Å². The summed E-state index contributed by atoms with van der Waals surface area (Å²) in [6.45, 7) is 0.240. The molecular weight excluding hydrogens is 396 g/mol. The lowest BCUT2D eigenvalue weighted by Gasteiger charge is -2.24. The lowest BCUT2D eigenvalue weighted by Crippen LogP contribution is -2.39. The number of piperidine rings is 1. The number of amides is 3. The maximum atomic E-state index is 13.5. The van der Waals surface area contributed by atoms with Crippen LogP contribution in [-0.2, 0) is 16.1 Å². The molecule has 0 aliphatic carbocycles. The summed E-state index contributed by atoms with van der Waals surface area (Å²) in [7, 11) is 0. The number of alkyl halides is 2. The van der Waals surface area contributed by atoms with Crippen molar-refractivity contribution < 1.29 is 23.2 Å². The second-order valence-corrected chi connectivity index (χ2v) is 7.05. The second kappa shape index (κ2) is 7.18. The van der Waals surface area contributed by atoms with E-state index in [1.165, 1.54) is 6.07 Å². The van der Waals surface area contributed by atoms with Crippen molar-refractivity contribution in [2.45, 2.75) is 31.7 Å². The van der Waals surface area contributed by atoms with Gasteiger partial charge in [0.15, 0.2) is 0 Å². The van der Waals surface area contributed by atoms with Crippen molar-refractivity contribution in [3.05, 3.63) is 46.0 Å². The predicted octanol–water partition coefficient (Wildman–Crippen LogP) is 1.90. The number of fused-ring (bicyclic) bond motifs is 1. The Morgan fingerprint density at radius 3 is 2.63 bits per heavy atom. The quantitative estimate of drug-likeness (QED) is 0.660. The van der Waals surface area contributed by atoms with Crippen LogP contribution in [0.25, 0.3) is 11.3 Å². The van der Waals surface area contributed by atoms with Gasteiger partial charge in [0.1, 0.15) is 17.5 Å². The number of nitriles is 1. The smallest absolute Gasteiger partial charge is 0.265 e. The number of rotatable bonds is 3. The van der Waals surface area contributed by atoms with Crippen molar-refractivity contribution in [2.75, 3.05) is 5.73 Å². The number of nitrogen functional groups attached to an aromatic ring is 1. The third kappa shape index (κ3) is 3.14. The number of carbonyl (C=O) groups excluding carboxylic acids is 3. The summed E-state index contributed by atoms with van der Waals surface area (Å²) in [6.07, 6.45) is -2.66. The van der Waals surface area contributed by atoms with Gasteiger partial charge in [-0.05, 0) is 35.7 Å². The van der Waals surface area contributed by atoms with Crippen LogP contribution in [0.15, 0.2) is 18.2 Å². The Kier molecular flexibility index (Phi) is 4.66. The van der Waals surface area contributed by atoms with E-state index in [1.807, 2.05) is 0 Å². The first kappa shape index (κ1) is 19.4. The van der Waals surface area contributed by atoms with Crippen LogP contribution in [0, 0.1) is 11.3 Å².